The number of esters is 1. The first-order chi connectivity index (χ1) is 12.8. The molecule has 1 saturated carbocycles. The Morgan fingerprint density at radius 1 is 1.15 bits per heavy atom. The predicted molar refractivity (Wildman–Crippen MR) is 99.5 cm³/mol. The Balaban J connectivity index is 1.60. The fraction of sp³-hybridized carbons (Fsp3) is 0.762. The van der Waals surface area contributed by atoms with Crippen LogP contribution < -0.4 is 0 Å². The lowest BCUT2D eigenvalue weighted by molar-refractivity contribution is -0.173. The molecule has 0 N–H and O–H groups in total. The Labute approximate surface area is 160 Å². The van der Waals surface area contributed by atoms with Gasteiger partial charge < -0.3 is 9.64 Å². The smallest absolute Gasteiger partial charge is 0.303 e. The second kappa shape index (κ2) is 6.73. The van der Waals surface area contributed by atoms with Crippen LogP contribution >= 0.6 is 0 Å². The van der Waals surface area contributed by atoms with Crippen molar-refractivity contribution in [1.29, 1.82) is 0 Å². The number of allylic oxidation sites excluding steroid dienone is 1. The Hall–Kier alpha value is -1.69. The first kappa shape index (κ1) is 18.7. The number of amides is 2. The Morgan fingerprint density at radius 2 is 1.85 bits per heavy atom. The molecule has 3 aliphatic carbocycles. The van der Waals surface area contributed by atoms with E-state index in [1.54, 1.807) is 0 Å². The number of rotatable bonds is 4. The van der Waals surface area contributed by atoms with Gasteiger partial charge in [-0.1, -0.05) is 18.9 Å². The quantitative estimate of drug-likeness (QED) is 0.428. The van der Waals surface area contributed by atoms with Crippen LogP contribution in [0.1, 0.15) is 46.5 Å². The van der Waals surface area contributed by atoms with Crippen molar-refractivity contribution in [2.75, 3.05) is 26.2 Å². The third-order valence-electron chi connectivity index (χ3n) is 7.03. The highest BCUT2D eigenvalue weighted by Crippen LogP contribution is 2.58. The van der Waals surface area contributed by atoms with Crippen molar-refractivity contribution in [1.82, 2.24) is 9.80 Å². The number of carbonyl (C=O) groups excluding carboxylic acids is 3. The van der Waals surface area contributed by atoms with Gasteiger partial charge in [-0.3, -0.25) is 19.3 Å². The van der Waals surface area contributed by atoms with Gasteiger partial charge in [-0.05, 0) is 57.2 Å². The molecule has 6 nitrogen and oxygen atoms in total. The van der Waals surface area contributed by atoms with E-state index in [-0.39, 0.29) is 29.6 Å². The van der Waals surface area contributed by atoms with Gasteiger partial charge in [-0.2, -0.15) is 0 Å². The minimum Gasteiger partial charge on any atom is -0.454 e. The molecule has 148 valence electrons. The van der Waals surface area contributed by atoms with Crippen LogP contribution in [0.2, 0.25) is 0 Å². The van der Waals surface area contributed by atoms with Gasteiger partial charge in [-0.25, -0.2) is 0 Å². The summed E-state index contributed by atoms with van der Waals surface area (Å²) in [6.45, 7) is 8.76. The van der Waals surface area contributed by atoms with E-state index in [0.717, 1.165) is 25.2 Å². The number of ether oxygens (including phenoxy) is 1. The standard InChI is InChI=1S/C21H30N2O4/c1-13-11-21(27-15(3)24)12-14(2)16(13)17-18(21)20(26)23(19(17)25)10-9-22-7-5-4-6-8-22/h11,14,16-18H,4-10,12H2,1-3H3/t14-,16-,17?,18?,21-/m1/s1. The molecule has 0 aromatic rings. The van der Waals surface area contributed by atoms with E-state index >= 15 is 0 Å². The lowest BCUT2D eigenvalue weighted by atomic mass is 9.54. The Bertz CT molecular complexity index is 696. The summed E-state index contributed by atoms with van der Waals surface area (Å²) in [5.41, 5.74) is 0.122. The second-order valence-corrected chi connectivity index (χ2v) is 8.88. The van der Waals surface area contributed by atoms with E-state index in [2.05, 4.69) is 11.8 Å². The van der Waals surface area contributed by atoms with Gasteiger partial charge in [0, 0.05) is 20.0 Å². The summed E-state index contributed by atoms with van der Waals surface area (Å²) in [6, 6.07) is 0. The van der Waals surface area contributed by atoms with E-state index in [4.69, 9.17) is 4.74 Å². The normalized spacial score (nSPS) is 38.8. The number of hydrogen-bond acceptors (Lipinski definition) is 5. The molecule has 5 aliphatic rings. The lowest BCUT2D eigenvalue weighted by Crippen LogP contribution is -2.57. The topological polar surface area (TPSA) is 66.9 Å². The molecule has 2 amide bonds. The van der Waals surface area contributed by atoms with E-state index in [1.807, 2.05) is 13.0 Å². The van der Waals surface area contributed by atoms with Crippen molar-refractivity contribution in [2.24, 2.45) is 23.7 Å². The molecule has 0 aromatic heterocycles. The van der Waals surface area contributed by atoms with E-state index in [9.17, 15) is 14.4 Å². The fourth-order valence-electron chi connectivity index (χ4n) is 6.15. The Morgan fingerprint density at radius 3 is 2.48 bits per heavy atom. The number of nitrogens with zero attached hydrogens (tertiary/aromatic N) is 2. The van der Waals surface area contributed by atoms with E-state index < -0.39 is 17.5 Å². The van der Waals surface area contributed by atoms with Crippen molar-refractivity contribution < 1.29 is 19.1 Å². The summed E-state index contributed by atoms with van der Waals surface area (Å²) >= 11 is 0. The maximum atomic E-state index is 13.3. The van der Waals surface area contributed by atoms with Crippen LogP contribution in [0.4, 0.5) is 0 Å². The highest BCUT2D eigenvalue weighted by Gasteiger charge is 2.67. The number of imide groups is 1. The van der Waals surface area contributed by atoms with Crippen molar-refractivity contribution in [3.05, 3.63) is 11.6 Å². The molecule has 2 bridgehead atoms. The van der Waals surface area contributed by atoms with Crippen LogP contribution in [-0.4, -0.2) is 59.4 Å². The maximum Gasteiger partial charge on any atom is 0.303 e. The van der Waals surface area contributed by atoms with Gasteiger partial charge in [0.1, 0.15) is 5.60 Å². The molecule has 2 saturated heterocycles. The van der Waals surface area contributed by atoms with Crippen LogP contribution in [0, 0.1) is 23.7 Å². The minimum atomic E-state index is -0.957. The first-order valence-electron chi connectivity index (χ1n) is 10.3. The van der Waals surface area contributed by atoms with Gasteiger partial charge in [0.05, 0.1) is 11.8 Å². The van der Waals surface area contributed by atoms with Crippen LogP contribution in [-0.2, 0) is 19.1 Å². The van der Waals surface area contributed by atoms with Crippen LogP contribution in [0.3, 0.4) is 0 Å². The SMILES string of the molecule is CC(=O)O[C@@]12C=C(C)[C@@H](C3C(=O)N(CCN4CCCCC4)C(=O)C31)[C@H](C)C2. The predicted octanol–water partition coefficient (Wildman–Crippen LogP) is 1.99. The molecule has 27 heavy (non-hydrogen) atoms. The minimum absolute atomic E-state index is 0.0671. The molecule has 0 aromatic carbocycles. The third kappa shape index (κ3) is 2.93. The second-order valence-electron chi connectivity index (χ2n) is 8.88. The van der Waals surface area contributed by atoms with Crippen molar-refractivity contribution in [3.63, 3.8) is 0 Å². The average molecular weight is 374 g/mol. The summed E-state index contributed by atoms with van der Waals surface area (Å²) in [5.74, 6) is -1.26. The summed E-state index contributed by atoms with van der Waals surface area (Å²) in [4.78, 5) is 42.2. The van der Waals surface area contributed by atoms with Crippen molar-refractivity contribution in [3.8, 4) is 0 Å². The lowest BCUT2D eigenvalue weighted by Gasteiger charge is -2.52. The molecule has 6 heteroatoms. The zero-order chi connectivity index (χ0) is 19.3. The fourth-order valence-corrected chi connectivity index (χ4v) is 6.15. The number of hydrogen-bond donors (Lipinski definition) is 0. The molecule has 3 fully saturated rings. The third-order valence-corrected chi connectivity index (χ3v) is 7.03. The summed E-state index contributed by atoms with van der Waals surface area (Å²) in [6.07, 6.45) is 6.21. The number of piperidine rings is 1. The summed E-state index contributed by atoms with van der Waals surface area (Å²) in [7, 11) is 0. The highest BCUT2D eigenvalue weighted by atomic mass is 16.6. The average Bonchev–Trinajstić information content (AvgIpc) is 2.85. The van der Waals surface area contributed by atoms with Gasteiger partial charge in [-0.15, -0.1) is 0 Å². The maximum absolute atomic E-state index is 13.3. The number of carbonyl (C=O) groups is 3. The van der Waals surface area contributed by atoms with Crippen molar-refractivity contribution >= 4 is 17.8 Å². The zero-order valence-electron chi connectivity index (χ0n) is 16.6. The van der Waals surface area contributed by atoms with Crippen LogP contribution in [0.5, 0.6) is 0 Å². The number of likely N-dealkylation sites (tertiary alicyclic amines) is 2. The molecule has 2 heterocycles. The monoisotopic (exact) mass is 374 g/mol. The molecular weight excluding hydrogens is 344 g/mol. The van der Waals surface area contributed by atoms with Gasteiger partial charge in [0.15, 0.2) is 0 Å². The molecule has 0 radical (unpaired) electrons. The number of fused-ring (bicyclic) bond motifs is 1. The highest BCUT2D eigenvalue weighted by molar-refractivity contribution is 6.07. The molecular formula is C21H30N2O4. The van der Waals surface area contributed by atoms with Gasteiger partial charge in [0.25, 0.3) is 0 Å². The molecule has 2 unspecified atom stereocenters. The Kier molecular flexibility index (Phi) is 4.65. The largest absolute Gasteiger partial charge is 0.454 e. The summed E-state index contributed by atoms with van der Waals surface area (Å²) in [5, 5.41) is 0. The van der Waals surface area contributed by atoms with Crippen LogP contribution in [0.25, 0.3) is 0 Å². The van der Waals surface area contributed by atoms with Gasteiger partial charge in [0.2, 0.25) is 11.8 Å². The van der Waals surface area contributed by atoms with E-state index in [1.165, 1.54) is 31.1 Å². The van der Waals surface area contributed by atoms with Crippen molar-refractivity contribution in [2.45, 2.75) is 52.1 Å². The zero-order valence-corrected chi connectivity index (χ0v) is 16.6. The first-order valence-corrected chi connectivity index (χ1v) is 10.3. The van der Waals surface area contributed by atoms with Crippen LogP contribution in [0.15, 0.2) is 11.6 Å². The molecule has 0 spiro atoms. The molecule has 5 rings (SSSR count). The summed E-state index contributed by atoms with van der Waals surface area (Å²) < 4.78 is 5.76. The molecule has 2 aliphatic heterocycles. The molecule has 5 atom stereocenters. The van der Waals surface area contributed by atoms with E-state index in [0.29, 0.717) is 13.0 Å². The van der Waals surface area contributed by atoms with Gasteiger partial charge >= 0.3 is 5.97 Å².